The zero-order chi connectivity index (χ0) is 13.8. The van der Waals surface area contributed by atoms with Crippen molar-refractivity contribution in [1.29, 1.82) is 0 Å². The Bertz CT molecular complexity index is 456. The van der Waals surface area contributed by atoms with E-state index in [2.05, 4.69) is 0 Å². The monoisotopic (exact) mass is 287 g/mol. The highest BCUT2D eigenvalue weighted by atomic mass is 31.2. The van der Waals surface area contributed by atoms with Crippen LogP contribution in [0.15, 0.2) is 24.5 Å². The van der Waals surface area contributed by atoms with Crippen LogP contribution in [-0.2, 0) is 9.26 Å². The molecule has 1 aliphatic heterocycles. The Morgan fingerprint density at radius 3 is 3.05 bits per heavy atom. The number of primary amides is 1. The molecule has 0 aliphatic carbocycles. The van der Waals surface area contributed by atoms with Gasteiger partial charge in [0, 0.05) is 12.5 Å². The van der Waals surface area contributed by atoms with Crippen molar-refractivity contribution in [3.8, 4) is 0 Å². The number of ether oxygens (including phenoxy) is 1. The summed E-state index contributed by atoms with van der Waals surface area (Å²) < 4.78 is 12.2. The highest BCUT2D eigenvalue weighted by Gasteiger charge is 2.32. The highest BCUT2D eigenvalue weighted by Crippen LogP contribution is 2.29. The normalized spacial score (nSPS) is 22.9. The Kier molecular flexibility index (Phi) is 4.79. The topological polar surface area (TPSA) is 106 Å². The molecule has 104 valence electrons. The summed E-state index contributed by atoms with van der Waals surface area (Å²) in [4.78, 5) is 28.5. The molecule has 0 radical (unpaired) electrons. The summed E-state index contributed by atoms with van der Waals surface area (Å²) in [6.07, 6.45) is 4.57. The summed E-state index contributed by atoms with van der Waals surface area (Å²) >= 11 is 0. The Hall–Kier alpha value is -1.11. The molecule has 1 aliphatic rings. The van der Waals surface area contributed by atoms with Gasteiger partial charge in [-0.2, -0.15) is 4.57 Å². The minimum absolute atomic E-state index is 0.144. The molecule has 1 aromatic rings. The van der Waals surface area contributed by atoms with Crippen LogP contribution < -0.4 is 10.3 Å². The fourth-order valence-electron chi connectivity index (χ4n) is 2.00. The summed E-state index contributed by atoms with van der Waals surface area (Å²) in [7, 11) is -2.35. The van der Waals surface area contributed by atoms with Crippen LogP contribution in [0, 0.1) is 0 Å². The van der Waals surface area contributed by atoms with Crippen molar-refractivity contribution in [3.05, 3.63) is 30.1 Å². The van der Waals surface area contributed by atoms with Gasteiger partial charge in [-0.3, -0.25) is 4.79 Å². The maximum Gasteiger partial charge on any atom is 0.327 e. The van der Waals surface area contributed by atoms with Crippen molar-refractivity contribution in [2.75, 3.05) is 6.61 Å². The van der Waals surface area contributed by atoms with Gasteiger partial charge in [0.15, 0.2) is 12.4 Å². The first-order chi connectivity index (χ1) is 9.06. The second kappa shape index (κ2) is 6.36. The van der Waals surface area contributed by atoms with Gasteiger partial charge in [0.25, 0.3) is 12.1 Å². The molecule has 0 spiro atoms. The van der Waals surface area contributed by atoms with Crippen LogP contribution >= 0.6 is 8.60 Å². The molecule has 0 bridgehead atoms. The summed E-state index contributed by atoms with van der Waals surface area (Å²) in [6.45, 7) is 0.144. The first kappa shape index (κ1) is 14.3. The van der Waals surface area contributed by atoms with Gasteiger partial charge in [-0.05, 0) is 12.5 Å². The Morgan fingerprint density at radius 1 is 1.58 bits per heavy atom. The van der Waals surface area contributed by atoms with E-state index < -0.39 is 14.5 Å². The lowest BCUT2D eigenvalue weighted by atomic mass is 10.2. The number of carbonyl (C=O) groups is 1. The number of amides is 1. The van der Waals surface area contributed by atoms with E-state index in [4.69, 9.17) is 24.8 Å². The Balaban J connectivity index is 1.96. The predicted octanol–water partition coefficient (Wildman–Crippen LogP) is -0.0213. The minimum atomic E-state index is -2.35. The maximum atomic E-state index is 11.1. The van der Waals surface area contributed by atoms with Crippen molar-refractivity contribution in [2.45, 2.75) is 25.2 Å². The molecule has 0 aromatic carbocycles. The van der Waals surface area contributed by atoms with Gasteiger partial charge in [0.05, 0.1) is 12.7 Å². The number of nitrogens with zero attached hydrogens (tertiary/aromatic N) is 1. The second-order valence-electron chi connectivity index (χ2n) is 4.24. The molecule has 19 heavy (non-hydrogen) atoms. The SMILES string of the molecule is NC(=O)c1ccc[n+](C2CCC(COP(O)O)O2)c1. The molecule has 2 unspecified atom stereocenters. The van der Waals surface area contributed by atoms with Crippen LogP contribution in [0.3, 0.4) is 0 Å². The second-order valence-corrected chi connectivity index (χ2v) is 5.01. The average molecular weight is 287 g/mol. The molecule has 1 saturated heterocycles. The number of aromatic nitrogens is 1. The first-order valence-corrected chi connectivity index (χ1v) is 6.99. The van der Waals surface area contributed by atoms with Crippen molar-refractivity contribution in [1.82, 2.24) is 0 Å². The van der Waals surface area contributed by atoms with Gasteiger partial charge in [0.1, 0.15) is 5.56 Å². The van der Waals surface area contributed by atoms with Crippen molar-refractivity contribution in [2.24, 2.45) is 5.73 Å². The number of hydrogen-bond acceptors (Lipinski definition) is 5. The lowest BCUT2D eigenvalue weighted by Crippen LogP contribution is -2.40. The molecule has 2 heterocycles. The molecule has 1 fully saturated rings. The maximum absolute atomic E-state index is 11.1. The zero-order valence-corrected chi connectivity index (χ0v) is 11.1. The molecule has 8 heteroatoms. The first-order valence-electron chi connectivity index (χ1n) is 5.83. The number of pyridine rings is 1. The smallest absolute Gasteiger partial charge is 0.327 e. The van der Waals surface area contributed by atoms with E-state index >= 15 is 0 Å². The molecule has 7 nitrogen and oxygen atoms in total. The fourth-order valence-corrected chi connectivity index (χ4v) is 2.30. The molecule has 0 saturated carbocycles. The number of nitrogens with two attached hydrogens (primary N) is 1. The number of rotatable bonds is 5. The standard InChI is InChI=1S/C11H15N2O5P/c12-11(14)8-2-1-5-13(6-8)10-4-3-9(18-10)7-17-19(15)16/h1-2,5-6,9-10,15-16H,3-4,7H2,(H-,12,14)/p+1. The molecular weight excluding hydrogens is 271 g/mol. The van der Waals surface area contributed by atoms with Gasteiger partial charge in [0.2, 0.25) is 0 Å². The van der Waals surface area contributed by atoms with Crippen LogP contribution in [0.5, 0.6) is 0 Å². The quantitative estimate of drug-likeness (QED) is 0.521. The minimum Gasteiger partial charge on any atom is -0.365 e. The van der Waals surface area contributed by atoms with Crippen LogP contribution in [0.2, 0.25) is 0 Å². The Labute approximate surface area is 111 Å². The molecule has 1 amide bonds. The predicted molar refractivity (Wildman–Crippen MR) is 65.6 cm³/mol. The fraction of sp³-hybridized carbons (Fsp3) is 0.455. The summed E-state index contributed by atoms with van der Waals surface area (Å²) in [5.74, 6) is -0.488. The summed E-state index contributed by atoms with van der Waals surface area (Å²) in [6, 6.07) is 3.37. The number of carbonyl (C=O) groups excluding carboxylic acids is 1. The van der Waals surface area contributed by atoms with E-state index in [0.717, 1.165) is 12.8 Å². The molecule has 4 N–H and O–H groups in total. The highest BCUT2D eigenvalue weighted by molar-refractivity contribution is 7.39. The van der Waals surface area contributed by atoms with E-state index in [1.807, 2.05) is 0 Å². The van der Waals surface area contributed by atoms with Gasteiger partial charge in [-0.1, -0.05) is 0 Å². The van der Waals surface area contributed by atoms with E-state index in [9.17, 15) is 4.79 Å². The third-order valence-electron chi connectivity index (χ3n) is 2.90. The summed E-state index contributed by atoms with van der Waals surface area (Å²) in [5.41, 5.74) is 5.64. The average Bonchev–Trinajstić information content (AvgIpc) is 2.85. The van der Waals surface area contributed by atoms with E-state index in [0.29, 0.717) is 5.56 Å². The van der Waals surface area contributed by atoms with E-state index in [1.165, 1.54) is 0 Å². The van der Waals surface area contributed by atoms with Crippen molar-refractivity contribution >= 4 is 14.5 Å². The van der Waals surface area contributed by atoms with E-state index in [1.54, 1.807) is 29.1 Å². The van der Waals surface area contributed by atoms with Crippen molar-refractivity contribution < 1.29 is 28.4 Å². The lowest BCUT2D eigenvalue weighted by molar-refractivity contribution is -0.759. The summed E-state index contributed by atoms with van der Waals surface area (Å²) in [5, 5.41) is 0. The van der Waals surface area contributed by atoms with Gasteiger partial charge in [-0.15, -0.1) is 0 Å². The lowest BCUT2D eigenvalue weighted by Gasteiger charge is -2.11. The van der Waals surface area contributed by atoms with Crippen LogP contribution in [-0.4, -0.2) is 28.4 Å². The van der Waals surface area contributed by atoms with Gasteiger partial charge in [-0.25, -0.2) is 0 Å². The van der Waals surface area contributed by atoms with Crippen LogP contribution in [0.25, 0.3) is 0 Å². The molecule has 2 atom stereocenters. The molecule has 1 aromatic heterocycles. The third-order valence-corrected chi connectivity index (χ3v) is 3.28. The van der Waals surface area contributed by atoms with E-state index in [-0.39, 0.29) is 18.9 Å². The Morgan fingerprint density at radius 2 is 2.37 bits per heavy atom. The van der Waals surface area contributed by atoms with Crippen LogP contribution in [0.1, 0.15) is 29.4 Å². The largest absolute Gasteiger partial charge is 0.365 e. The van der Waals surface area contributed by atoms with Gasteiger partial charge >= 0.3 is 8.60 Å². The third kappa shape index (κ3) is 3.92. The zero-order valence-electron chi connectivity index (χ0n) is 10.2. The van der Waals surface area contributed by atoms with Gasteiger partial charge < -0.3 is 24.8 Å². The number of hydrogen-bond donors (Lipinski definition) is 3. The van der Waals surface area contributed by atoms with Crippen molar-refractivity contribution in [3.63, 3.8) is 0 Å². The van der Waals surface area contributed by atoms with Crippen LogP contribution in [0.4, 0.5) is 0 Å². The molecular formula is C11H16N2O5P+. The molecule has 2 rings (SSSR count).